The van der Waals surface area contributed by atoms with Gasteiger partial charge in [0, 0.05) is 24.7 Å². The summed E-state index contributed by atoms with van der Waals surface area (Å²) in [7, 11) is 0. The summed E-state index contributed by atoms with van der Waals surface area (Å²) in [6.45, 7) is 5.17. The molecule has 2 aromatic carbocycles. The van der Waals surface area contributed by atoms with Crippen LogP contribution in [0.4, 0.5) is 11.8 Å². The van der Waals surface area contributed by atoms with Crippen LogP contribution < -0.4 is 10.6 Å². The molecule has 0 unspecified atom stereocenters. The maximum atomic E-state index is 4.60. The third kappa shape index (κ3) is 4.91. The van der Waals surface area contributed by atoms with Crippen LogP contribution >= 0.6 is 0 Å². The normalized spacial score (nSPS) is 10.2. The van der Waals surface area contributed by atoms with E-state index in [2.05, 4.69) is 51.4 Å². The summed E-state index contributed by atoms with van der Waals surface area (Å²) in [5, 5.41) is 6.58. The summed E-state index contributed by atoms with van der Waals surface area (Å²) in [4.78, 5) is 9.14. The van der Waals surface area contributed by atoms with Gasteiger partial charge in [0.1, 0.15) is 5.82 Å². The van der Waals surface area contributed by atoms with Crippen LogP contribution in [-0.2, 0) is 6.42 Å². The highest BCUT2D eigenvalue weighted by atomic mass is 15.1. The molecule has 0 fully saturated rings. The lowest BCUT2D eigenvalue weighted by atomic mass is 10.1. The van der Waals surface area contributed by atoms with Crippen molar-refractivity contribution in [1.82, 2.24) is 9.97 Å². The zero-order chi connectivity index (χ0) is 17.3. The molecule has 2 N–H and O–H groups in total. The molecule has 3 aromatic rings. The third-order valence-corrected chi connectivity index (χ3v) is 3.76. The maximum Gasteiger partial charge on any atom is 0.225 e. The van der Waals surface area contributed by atoms with Gasteiger partial charge < -0.3 is 10.6 Å². The van der Waals surface area contributed by atoms with Crippen LogP contribution in [0.1, 0.15) is 5.56 Å². The van der Waals surface area contributed by atoms with Crippen LogP contribution in [-0.4, -0.2) is 23.1 Å². The molecule has 0 saturated carbocycles. The number of nitrogens with zero attached hydrogens (tertiary/aromatic N) is 2. The van der Waals surface area contributed by atoms with E-state index in [4.69, 9.17) is 0 Å². The van der Waals surface area contributed by atoms with Crippen molar-refractivity contribution in [1.29, 1.82) is 0 Å². The molecule has 0 aliphatic carbocycles. The number of nitrogens with one attached hydrogen (secondary N) is 2. The molecule has 0 radical (unpaired) electrons. The van der Waals surface area contributed by atoms with Gasteiger partial charge in [0.05, 0.1) is 5.69 Å². The van der Waals surface area contributed by atoms with Crippen LogP contribution in [0.25, 0.3) is 11.3 Å². The van der Waals surface area contributed by atoms with E-state index < -0.39 is 0 Å². The molecule has 0 aliphatic rings. The van der Waals surface area contributed by atoms with E-state index in [9.17, 15) is 0 Å². The van der Waals surface area contributed by atoms with E-state index in [0.29, 0.717) is 12.5 Å². The Hall–Kier alpha value is -3.14. The summed E-state index contributed by atoms with van der Waals surface area (Å²) >= 11 is 0. The van der Waals surface area contributed by atoms with Gasteiger partial charge in [-0.05, 0) is 12.0 Å². The molecule has 0 atom stereocenters. The maximum absolute atomic E-state index is 4.60. The molecule has 0 amide bonds. The van der Waals surface area contributed by atoms with Crippen molar-refractivity contribution >= 4 is 11.8 Å². The number of hydrogen-bond donors (Lipinski definition) is 2. The summed E-state index contributed by atoms with van der Waals surface area (Å²) in [5.74, 6) is 1.42. The third-order valence-electron chi connectivity index (χ3n) is 3.76. The first-order valence-electron chi connectivity index (χ1n) is 8.42. The summed E-state index contributed by atoms with van der Waals surface area (Å²) in [6, 6.07) is 22.5. The van der Waals surface area contributed by atoms with E-state index in [1.807, 2.05) is 42.5 Å². The zero-order valence-corrected chi connectivity index (χ0v) is 14.2. The van der Waals surface area contributed by atoms with Gasteiger partial charge in [-0.2, -0.15) is 4.98 Å². The van der Waals surface area contributed by atoms with E-state index in [0.717, 1.165) is 30.0 Å². The molecule has 126 valence electrons. The van der Waals surface area contributed by atoms with Crippen LogP contribution in [0, 0.1) is 0 Å². The minimum absolute atomic E-state index is 0.600. The summed E-state index contributed by atoms with van der Waals surface area (Å²) in [5.41, 5.74) is 3.26. The van der Waals surface area contributed by atoms with E-state index in [1.165, 1.54) is 5.56 Å². The SMILES string of the molecule is C=CCNc1nc(NCCc2ccccc2)cc(-c2ccccc2)n1. The predicted octanol–water partition coefficient (Wildman–Crippen LogP) is 4.40. The van der Waals surface area contributed by atoms with Crippen LogP contribution in [0.5, 0.6) is 0 Å². The number of anilines is 2. The largest absolute Gasteiger partial charge is 0.370 e. The number of rotatable bonds is 8. The zero-order valence-electron chi connectivity index (χ0n) is 14.2. The van der Waals surface area contributed by atoms with Gasteiger partial charge in [0.25, 0.3) is 0 Å². The Morgan fingerprint density at radius 3 is 2.32 bits per heavy atom. The number of aromatic nitrogens is 2. The van der Waals surface area contributed by atoms with E-state index in [1.54, 1.807) is 6.08 Å². The van der Waals surface area contributed by atoms with Gasteiger partial charge in [-0.3, -0.25) is 0 Å². The first-order valence-corrected chi connectivity index (χ1v) is 8.42. The molecular formula is C21H22N4. The highest BCUT2D eigenvalue weighted by molar-refractivity contribution is 5.64. The summed E-state index contributed by atoms with van der Waals surface area (Å²) < 4.78 is 0. The van der Waals surface area contributed by atoms with E-state index in [-0.39, 0.29) is 0 Å². The van der Waals surface area contributed by atoms with Crippen molar-refractivity contribution < 1.29 is 0 Å². The van der Waals surface area contributed by atoms with Crippen molar-refractivity contribution in [3.05, 3.63) is 84.9 Å². The molecule has 1 heterocycles. The Morgan fingerprint density at radius 1 is 0.880 bits per heavy atom. The average molecular weight is 330 g/mol. The van der Waals surface area contributed by atoms with Crippen molar-refractivity contribution in [3.8, 4) is 11.3 Å². The molecule has 4 heteroatoms. The second-order valence-electron chi connectivity index (χ2n) is 5.66. The lowest BCUT2D eigenvalue weighted by molar-refractivity contribution is 0.999. The van der Waals surface area contributed by atoms with Crippen LogP contribution in [0.15, 0.2) is 79.4 Å². The molecule has 25 heavy (non-hydrogen) atoms. The standard InChI is InChI=1S/C21H22N4/c1-2-14-23-21-24-19(18-11-7-4-8-12-18)16-20(25-21)22-15-13-17-9-5-3-6-10-17/h2-12,16H,1,13-15H2,(H2,22,23,24,25). The Morgan fingerprint density at radius 2 is 1.60 bits per heavy atom. The fourth-order valence-corrected chi connectivity index (χ4v) is 2.52. The lowest BCUT2D eigenvalue weighted by Gasteiger charge is -2.11. The Balaban J connectivity index is 1.76. The second-order valence-corrected chi connectivity index (χ2v) is 5.66. The van der Waals surface area contributed by atoms with Gasteiger partial charge in [-0.15, -0.1) is 6.58 Å². The van der Waals surface area contributed by atoms with Gasteiger partial charge in [-0.25, -0.2) is 4.98 Å². The van der Waals surface area contributed by atoms with Gasteiger partial charge >= 0.3 is 0 Å². The minimum atomic E-state index is 0.600. The van der Waals surface area contributed by atoms with Crippen molar-refractivity contribution in [3.63, 3.8) is 0 Å². The number of hydrogen-bond acceptors (Lipinski definition) is 4. The molecule has 0 saturated heterocycles. The number of benzene rings is 2. The Labute approximate surface area is 148 Å². The molecule has 0 bridgehead atoms. The van der Waals surface area contributed by atoms with Crippen molar-refractivity contribution in [2.24, 2.45) is 0 Å². The van der Waals surface area contributed by atoms with Crippen LogP contribution in [0.2, 0.25) is 0 Å². The monoisotopic (exact) mass is 330 g/mol. The molecule has 1 aromatic heterocycles. The van der Waals surface area contributed by atoms with Gasteiger partial charge in [-0.1, -0.05) is 66.7 Å². The second kappa shape index (κ2) is 8.64. The smallest absolute Gasteiger partial charge is 0.225 e. The summed E-state index contributed by atoms with van der Waals surface area (Å²) in [6.07, 6.45) is 2.74. The molecule has 0 aliphatic heterocycles. The molecule has 0 spiro atoms. The van der Waals surface area contributed by atoms with Crippen molar-refractivity contribution in [2.75, 3.05) is 23.7 Å². The first-order chi connectivity index (χ1) is 12.3. The predicted molar refractivity (Wildman–Crippen MR) is 105 cm³/mol. The first kappa shape index (κ1) is 16.7. The molecular weight excluding hydrogens is 308 g/mol. The van der Waals surface area contributed by atoms with E-state index >= 15 is 0 Å². The van der Waals surface area contributed by atoms with Gasteiger partial charge in [0.2, 0.25) is 5.95 Å². The fourth-order valence-electron chi connectivity index (χ4n) is 2.52. The van der Waals surface area contributed by atoms with Gasteiger partial charge in [0.15, 0.2) is 0 Å². The Kier molecular flexibility index (Phi) is 5.77. The Bertz CT molecular complexity index is 801. The topological polar surface area (TPSA) is 49.8 Å². The molecule has 3 rings (SSSR count). The lowest BCUT2D eigenvalue weighted by Crippen LogP contribution is -2.10. The molecule has 4 nitrogen and oxygen atoms in total. The van der Waals surface area contributed by atoms with Crippen LogP contribution in [0.3, 0.4) is 0 Å². The average Bonchev–Trinajstić information content (AvgIpc) is 2.68. The highest BCUT2D eigenvalue weighted by Gasteiger charge is 2.06. The fraction of sp³-hybridized carbons (Fsp3) is 0.143. The highest BCUT2D eigenvalue weighted by Crippen LogP contribution is 2.21. The minimum Gasteiger partial charge on any atom is -0.370 e. The van der Waals surface area contributed by atoms with Crippen molar-refractivity contribution in [2.45, 2.75) is 6.42 Å². The quantitative estimate of drug-likeness (QED) is 0.601.